The lowest BCUT2D eigenvalue weighted by molar-refractivity contribution is 0.302. The maximum atomic E-state index is 8.96. The van der Waals surface area contributed by atoms with E-state index >= 15 is 0 Å². The number of hydrogen-bond donors (Lipinski definition) is 1. The number of rotatable bonds is 4. The van der Waals surface area contributed by atoms with Crippen LogP contribution in [0.2, 0.25) is 0 Å². The number of aliphatic hydroxyl groups is 1. The summed E-state index contributed by atoms with van der Waals surface area (Å²) in [6.07, 6.45) is 1.65. The van der Waals surface area contributed by atoms with Gasteiger partial charge in [-0.15, -0.1) is 0 Å². The van der Waals surface area contributed by atoms with Crippen molar-refractivity contribution < 1.29 is 5.11 Å². The molecule has 5 heteroatoms. The van der Waals surface area contributed by atoms with E-state index in [0.29, 0.717) is 24.5 Å². The summed E-state index contributed by atoms with van der Waals surface area (Å²) in [5.41, 5.74) is 0.514. The molecule has 0 bridgehead atoms. The van der Waals surface area contributed by atoms with E-state index in [4.69, 9.17) is 10.4 Å². The lowest BCUT2D eigenvalue weighted by Gasteiger charge is -2.21. The Kier molecular flexibility index (Phi) is 4.53. The molecule has 0 radical (unpaired) electrons. The Balaban J connectivity index is 3.06. The molecule has 0 aliphatic carbocycles. The number of aromatic nitrogens is 1. The minimum atomic E-state index is 0.0520. The summed E-state index contributed by atoms with van der Waals surface area (Å²) in [4.78, 5) is 6.05. The standard InChI is InChI=1S/C10H12BrN3O/c1-2-14(3-4-15)10-8(6-12)5-9(11)7-13-10/h5,7,15H,2-4H2,1H3. The average molecular weight is 270 g/mol. The van der Waals surface area contributed by atoms with Gasteiger partial charge in [0.15, 0.2) is 0 Å². The molecule has 0 atom stereocenters. The highest BCUT2D eigenvalue weighted by Gasteiger charge is 2.10. The Morgan fingerprint density at radius 1 is 1.67 bits per heavy atom. The van der Waals surface area contributed by atoms with E-state index in [2.05, 4.69) is 27.0 Å². The van der Waals surface area contributed by atoms with Gasteiger partial charge in [-0.1, -0.05) is 0 Å². The number of nitriles is 1. The maximum absolute atomic E-state index is 8.96. The maximum Gasteiger partial charge on any atom is 0.146 e. The molecule has 1 heterocycles. The van der Waals surface area contributed by atoms with Crippen molar-refractivity contribution in [1.29, 1.82) is 5.26 Å². The number of halogens is 1. The number of nitrogens with zero attached hydrogens (tertiary/aromatic N) is 3. The minimum absolute atomic E-state index is 0.0520. The fourth-order valence-electron chi connectivity index (χ4n) is 1.30. The molecular formula is C10H12BrN3O. The van der Waals surface area contributed by atoms with Crippen LogP contribution in [0.4, 0.5) is 5.82 Å². The van der Waals surface area contributed by atoms with Gasteiger partial charge in [0.25, 0.3) is 0 Å². The third-order valence-electron chi connectivity index (χ3n) is 2.00. The summed E-state index contributed by atoms with van der Waals surface area (Å²) >= 11 is 3.27. The van der Waals surface area contributed by atoms with Crippen LogP contribution in [0, 0.1) is 11.3 Å². The molecule has 0 aliphatic heterocycles. The largest absolute Gasteiger partial charge is 0.395 e. The summed E-state index contributed by atoms with van der Waals surface area (Å²) < 4.78 is 0.780. The van der Waals surface area contributed by atoms with Gasteiger partial charge in [0.05, 0.1) is 12.2 Å². The van der Waals surface area contributed by atoms with E-state index in [1.807, 2.05) is 11.8 Å². The fraction of sp³-hybridized carbons (Fsp3) is 0.400. The van der Waals surface area contributed by atoms with E-state index in [0.717, 1.165) is 4.47 Å². The molecule has 0 aliphatic rings. The number of aliphatic hydroxyl groups excluding tert-OH is 1. The first kappa shape index (κ1) is 12.0. The number of pyridine rings is 1. The smallest absolute Gasteiger partial charge is 0.146 e. The van der Waals surface area contributed by atoms with Crippen molar-refractivity contribution >= 4 is 21.7 Å². The zero-order valence-electron chi connectivity index (χ0n) is 8.44. The second-order valence-corrected chi connectivity index (χ2v) is 3.86. The molecule has 0 fully saturated rings. The molecule has 1 aromatic rings. The molecule has 15 heavy (non-hydrogen) atoms. The second-order valence-electron chi connectivity index (χ2n) is 2.94. The van der Waals surface area contributed by atoms with Crippen molar-refractivity contribution in [3.8, 4) is 6.07 Å². The SMILES string of the molecule is CCN(CCO)c1ncc(Br)cc1C#N. The Labute approximate surface area is 97.3 Å². The van der Waals surface area contributed by atoms with Crippen LogP contribution in [0.25, 0.3) is 0 Å². The molecule has 1 rings (SSSR count). The first-order chi connectivity index (χ1) is 7.22. The molecule has 0 amide bonds. The van der Waals surface area contributed by atoms with Crippen molar-refractivity contribution in [3.05, 3.63) is 22.3 Å². The van der Waals surface area contributed by atoms with Gasteiger partial charge in [0.2, 0.25) is 0 Å². The van der Waals surface area contributed by atoms with Crippen LogP contribution >= 0.6 is 15.9 Å². The van der Waals surface area contributed by atoms with Gasteiger partial charge in [-0.3, -0.25) is 0 Å². The zero-order chi connectivity index (χ0) is 11.3. The molecule has 0 spiro atoms. The van der Waals surface area contributed by atoms with Crippen molar-refractivity contribution in [3.63, 3.8) is 0 Å². The Bertz CT molecular complexity index is 375. The van der Waals surface area contributed by atoms with Gasteiger partial charge in [-0.25, -0.2) is 4.98 Å². The third kappa shape index (κ3) is 2.91. The molecule has 0 saturated heterocycles. The average Bonchev–Trinajstić information content (AvgIpc) is 2.26. The summed E-state index contributed by atoms with van der Waals surface area (Å²) in [5.74, 6) is 0.622. The normalized spacial score (nSPS) is 9.73. The predicted molar refractivity (Wildman–Crippen MR) is 61.6 cm³/mol. The number of hydrogen-bond acceptors (Lipinski definition) is 4. The van der Waals surface area contributed by atoms with Crippen molar-refractivity contribution in [1.82, 2.24) is 4.98 Å². The molecule has 4 nitrogen and oxygen atoms in total. The van der Waals surface area contributed by atoms with Gasteiger partial charge >= 0.3 is 0 Å². The topological polar surface area (TPSA) is 60.1 Å². The number of likely N-dealkylation sites (N-methyl/N-ethyl adjacent to an activating group) is 1. The van der Waals surface area contributed by atoms with E-state index in [9.17, 15) is 0 Å². The highest BCUT2D eigenvalue weighted by molar-refractivity contribution is 9.10. The van der Waals surface area contributed by atoms with Crippen LogP contribution < -0.4 is 4.90 Å². The highest BCUT2D eigenvalue weighted by atomic mass is 79.9. The first-order valence-electron chi connectivity index (χ1n) is 4.64. The van der Waals surface area contributed by atoms with E-state index in [-0.39, 0.29) is 6.61 Å². The van der Waals surface area contributed by atoms with Crippen LogP contribution in [0.15, 0.2) is 16.7 Å². The van der Waals surface area contributed by atoms with Gasteiger partial charge < -0.3 is 10.0 Å². The Morgan fingerprint density at radius 2 is 2.40 bits per heavy atom. The quantitative estimate of drug-likeness (QED) is 0.901. The van der Waals surface area contributed by atoms with Crippen molar-refractivity contribution in [2.45, 2.75) is 6.92 Å². The van der Waals surface area contributed by atoms with Gasteiger partial charge in [-0.05, 0) is 28.9 Å². The molecular weight excluding hydrogens is 258 g/mol. The predicted octanol–water partition coefficient (Wildman–Crippen LogP) is 1.53. The summed E-state index contributed by atoms with van der Waals surface area (Å²) in [6.45, 7) is 3.21. The van der Waals surface area contributed by atoms with Crippen LogP contribution in [0.3, 0.4) is 0 Å². The second kappa shape index (κ2) is 5.69. The fourth-order valence-corrected chi connectivity index (χ4v) is 1.63. The minimum Gasteiger partial charge on any atom is -0.395 e. The lowest BCUT2D eigenvalue weighted by Crippen LogP contribution is -2.27. The summed E-state index contributed by atoms with van der Waals surface area (Å²) in [5, 5.41) is 17.8. The molecule has 1 N–H and O–H groups in total. The monoisotopic (exact) mass is 269 g/mol. The number of anilines is 1. The third-order valence-corrected chi connectivity index (χ3v) is 2.44. The molecule has 0 aromatic carbocycles. The van der Waals surface area contributed by atoms with Gasteiger partial charge in [0.1, 0.15) is 11.9 Å². The Morgan fingerprint density at radius 3 is 2.93 bits per heavy atom. The van der Waals surface area contributed by atoms with Crippen molar-refractivity contribution in [2.75, 3.05) is 24.6 Å². The van der Waals surface area contributed by atoms with E-state index in [1.165, 1.54) is 0 Å². The highest BCUT2D eigenvalue weighted by Crippen LogP contribution is 2.20. The van der Waals surface area contributed by atoms with Crippen LogP contribution in [-0.2, 0) is 0 Å². The molecule has 1 aromatic heterocycles. The molecule has 80 valence electrons. The van der Waals surface area contributed by atoms with Crippen LogP contribution in [0.1, 0.15) is 12.5 Å². The van der Waals surface area contributed by atoms with E-state index < -0.39 is 0 Å². The van der Waals surface area contributed by atoms with Crippen LogP contribution in [0.5, 0.6) is 0 Å². The van der Waals surface area contributed by atoms with Gasteiger partial charge in [-0.2, -0.15) is 5.26 Å². The van der Waals surface area contributed by atoms with E-state index in [1.54, 1.807) is 12.3 Å². The molecule has 0 unspecified atom stereocenters. The Hall–Kier alpha value is -1.12. The first-order valence-corrected chi connectivity index (χ1v) is 5.43. The summed E-state index contributed by atoms with van der Waals surface area (Å²) in [6, 6.07) is 3.82. The van der Waals surface area contributed by atoms with Gasteiger partial charge in [0, 0.05) is 23.8 Å². The van der Waals surface area contributed by atoms with Crippen LogP contribution in [-0.4, -0.2) is 29.8 Å². The van der Waals surface area contributed by atoms with Crippen molar-refractivity contribution in [2.24, 2.45) is 0 Å². The summed E-state index contributed by atoms with van der Waals surface area (Å²) in [7, 11) is 0. The lowest BCUT2D eigenvalue weighted by atomic mass is 10.2. The molecule has 0 saturated carbocycles. The zero-order valence-corrected chi connectivity index (χ0v) is 10.0.